The van der Waals surface area contributed by atoms with Crippen LogP contribution in [-0.2, 0) is 21.6 Å². The minimum atomic E-state index is -0.413. The number of hydrogen-bond donors (Lipinski definition) is 0. The van der Waals surface area contributed by atoms with Gasteiger partial charge in [0.15, 0.2) is 5.78 Å². The summed E-state index contributed by atoms with van der Waals surface area (Å²) in [7, 11) is 0. The number of carbonyl (C=O) groups is 2. The fraction of sp³-hybridized carbons (Fsp3) is 0.391. The lowest BCUT2D eigenvalue weighted by Gasteiger charge is -2.22. The van der Waals surface area contributed by atoms with Crippen molar-refractivity contribution in [3.8, 4) is 0 Å². The summed E-state index contributed by atoms with van der Waals surface area (Å²) in [6.45, 7) is 10.7. The summed E-state index contributed by atoms with van der Waals surface area (Å²) in [4.78, 5) is 24.1. The molecule has 0 atom stereocenters. The van der Waals surface area contributed by atoms with Crippen LogP contribution in [0.1, 0.15) is 66.2 Å². The standard InChI is InChI=1S/C23H27FO3/c1-15-12-18(23(3,4)5)13-16(2)20(15)14-27-22(26)11-10-21(25)17-6-8-19(24)9-7-17/h6-9,12-13H,10-11,14H2,1-5H3. The highest BCUT2D eigenvalue weighted by Crippen LogP contribution is 2.27. The molecule has 2 rings (SSSR count). The third-order valence-corrected chi connectivity index (χ3v) is 4.66. The second-order valence-corrected chi connectivity index (χ2v) is 7.93. The van der Waals surface area contributed by atoms with Crippen LogP contribution >= 0.6 is 0 Å². The summed E-state index contributed by atoms with van der Waals surface area (Å²) < 4.78 is 18.3. The first-order valence-corrected chi connectivity index (χ1v) is 9.13. The van der Waals surface area contributed by atoms with Crippen molar-refractivity contribution in [1.82, 2.24) is 0 Å². The maximum Gasteiger partial charge on any atom is 0.306 e. The smallest absolute Gasteiger partial charge is 0.306 e. The Morgan fingerprint density at radius 1 is 0.963 bits per heavy atom. The fourth-order valence-corrected chi connectivity index (χ4v) is 2.87. The Hall–Kier alpha value is -2.49. The largest absolute Gasteiger partial charge is 0.461 e. The zero-order valence-corrected chi connectivity index (χ0v) is 16.7. The highest BCUT2D eigenvalue weighted by atomic mass is 19.1. The number of rotatable bonds is 6. The number of carbonyl (C=O) groups excluding carboxylic acids is 2. The first kappa shape index (κ1) is 20.8. The number of ketones is 1. The first-order chi connectivity index (χ1) is 12.6. The van der Waals surface area contributed by atoms with Gasteiger partial charge in [0.25, 0.3) is 0 Å². The minimum Gasteiger partial charge on any atom is -0.461 e. The molecule has 0 fully saturated rings. The van der Waals surface area contributed by atoms with E-state index in [4.69, 9.17) is 4.74 Å². The third kappa shape index (κ3) is 5.75. The van der Waals surface area contributed by atoms with Gasteiger partial charge in [-0.05, 0) is 65.8 Å². The molecule has 0 aromatic heterocycles. The van der Waals surface area contributed by atoms with Crippen LogP contribution < -0.4 is 0 Å². The first-order valence-electron chi connectivity index (χ1n) is 9.13. The lowest BCUT2D eigenvalue weighted by Crippen LogP contribution is -2.13. The molecule has 0 saturated heterocycles. The number of Topliss-reactive ketones (excluding diaryl/α,β-unsaturated/α-hetero) is 1. The van der Waals surface area contributed by atoms with Gasteiger partial charge in [0, 0.05) is 12.0 Å². The van der Waals surface area contributed by atoms with Gasteiger partial charge in [0.05, 0.1) is 6.42 Å². The van der Waals surface area contributed by atoms with Crippen molar-refractivity contribution in [2.24, 2.45) is 0 Å². The van der Waals surface area contributed by atoms with Gasteiger partial charge in [-0.3, -0.25) is 9.59 Å². The second-order valence-electron chi connectivity index (χ2n) is 7.93. The van der Waals surface area contributed by atoms with Crippen LogP contribution in [0.3, 0.4) is 0 Å². The Bertz CT molecular complexity index is 807. The van der Waals surface area contributed by atoms with E-state index in [1.54, 1.807) is 0 Å². The maximum atomic E-state index is 12.9. The number of benzene rings is 2. The van der Waals surface area contributed by atoms with Gasteiger partial charge in [0.1, 0.15) is 12.4 Å². The molecule has 0 spiro atoms. The molecule has 0 unspecified atom stereocenters. The lowest BCUT2D eigenvalue weighted by atomic mass is 9.84. The normalized spacial score (nSPS) is 11.3. The SMILES string of the molecule is Cc1cc(C(C)(C)C)cc(C)c1COC(=O)CCC(=O)c1ccc(F)cc1. The predicted octanol–water partition coefficient (Wildman–Crippen LogP) is 5.45. The topological polar surface area (TPSA) is 43.4 Å². The van der Waals surface area contributed by atoms with Gasteiger partial charge < -0.3 is 4.74 Å². The summed E-state index contributed by atoms with van der Waals surface area (Å²) in [5.74, 6) is -1.01. The Labute approximate surface area is 160 Å². The fourth-order valence-electron chi connectivity index (χ4n) is 2.87. The zero-order valence-electron chi connectivity index (χ0n) is 16.7. The molecular weight excluding hydrogens is 343 g/mol. The summed E-state index contributed by atoms with van der Waals surface area (Å²) in [6, 6.07) is 9.58. The Morgan fingerprint density at radius 3 is 2.04 bits per heavy atom. The molecule has 3 nitrogen and oxygen atoms in total. The molecule has 2 aromatic carbocycles. The molecule has 2 aromatic rings. The predicted molar refractivity (Wildman–Crippen MR) is 104 cm³/mol. The van der Waals surface area contributed by atoms with E-state index >= 15 is 0 Å². The average molecular weight is 370 g/mol. The van der Waals surface area contributed by atoms with Gasteiger partial charge in [-0.25, -0.2) is 4.39 Å². The van der Waals surface area contributed by atoms with Crippen molar-refractivity contribution in [2.45, 2.75) is 59.5 Å². The van der Waals surface area contributed by atoms with Crippen LogP contribution in [0.4, 0.5) is 4.39 Å². The van der Waals surface area contributed by atoms with Crippen molar-refractivity contribution in [1.29, 1.82) is 0 Å². The van der Waals surface area contributed by atoms with E-state index in [0.29, 0.717) is 5.56 Å². The van der Waals surface area contributed by atoms with Crippen LogP contribution in [0, 0.1) is 19.7 Å². The molecule has 0 aliphatic rings. The van der Waals surface area contributed by atoms with E-state index < -0.39 is 11.8 Å². The number of ether oxygens (including phenoxy) is 1. The molecule has 0 aliphatic carbocycles. The second kappa shape index (κ2) is 8.47. The summed E-state index contributed by atoms with van der Waals surface area (Å²) in [6.07, 6.45) is 0.0553. The molecule has 0 bridgehead atoms. The van der Waals surface area contributed by atoms with Gasteiger partial charge in [0.2, 0.25) is 0 Å². The summed E-state index contributed by atoms with van der Waals surface area (Å²) >= 11 is 0. The molecule has 0 saturated carbocycles. The monoisotopic (exact) mass is 370 g/mol. The van der Waals surface area contributed by atoms with E-state index in [1.807, 2.05) is 13.8 Å². The van der Waals surface area contributed by atoms with Gasteiger partial charge >= 0.3 is 5.97 Å². The van der Waals surface area contributed by atoms with E-state index in [9.17, 15) is 14.0 Å². The molecule has 27 heavy (non-hydrogen) atoms. The van der Waals surface area contributed by atoms with Gasteiger partial charge in [-0.2, -0.15) is 0 Å². The zero-order chi connectivity index (χ0) is 20.2. The van der Waals surface area contributed by atoms with Crippen molar-refractivity contribution in [2.75, 3.05) is 0 Å². The van der Waals surface area contributed by atoms with E-state index in [1.165, 1.54) is 29.8 Å². The summed E-state index contributed by atoms with van der Waals surface area (Å²) in [5.41, 5.74) is 4.89. The minimum absolute atomic E-state index is 0.00831. The van der Waals surface area contributed by atoms with Crippen LogP contribution in [0.5, 0.6) is 0 Å². The quantitative estimate of drug-likeness (QED) is 0.502. The average Bonchev–Trinajstić information content (AvgIpc) is 2.58. The number of esters is 1. The van der Waals surface area contributed by atoms with Crippen LogP contribution in [0.25, 0.3) is 0 Å². The number of halogens is 1. The van der Waals surface area contributed by atoms with E-state index in [0.717, 1.165) is 16.7 Å². The molecule has 0 heterocycles. The third-order valence-electron chi connectivity index (χ3n) is 4.66. The van der Waals surface area contributed by atoms with Crippen molar-refractivity contribution >= 4 is 11.8 Å². The van der Waals surface area contributed by atoms with Crippen LogP contribution in [0.15, 0.2) is 36.4 Å². The molecular formula is C23H27FO3. The highest BCUT2D eigenvalue weighted by molar-refractivity contribution is 5.97. The van der Waals surface area contributed by atoms with E-state index in [-0.39, 0.29) is 30.6 Å². The molecule has 144 valence electrons. The Kier molecular flexibility index (Phi) is 6.53. The highest BCUT2D eigenvalue weighted by Gasteiger charge is 2.17. The molecule has 0 radical (unpaired) electrons. The van der Waals surface area contributed by atoms with Gasteiger partial charge in [-0.1, -0.05) is 32.9 Å². The van der Waals surface area contributed by atoms with E-state index in [2.05, 4.69) is 32.9 Å². The van der Waals surface area contributed by atoms with Crippen molar-refractivity contribution in [3.05, 3.63) is 70.0 Å². The molecule has 4 heteroatoms. The van der Waals surface area contributed by atoms with Crippen LogP contribution in [0.2, 0.25) is 0 Å². The Morgan fingerprint density at radius 2 is 1.52 bits per heavy atom. The molecule has 0 aliphatic heterocycles. The lowest BCUT2D eigenvalue weighted by molar-refractivity contribution is -0.144. The maximum absolute atomic E-state index is 12.9. The summed E-state index contributed by atoms with van der Waals surface area (Å²) in [5, 5.41) is 0. The number of aryl methyl sites for hydroxylation is 2. The van der Waals surface area contributed by atoms with Crippen molar-refractivity contribution < 1.29 is 18.7 Å². The van der Waals surface area contributed by atoms with Crippen LogP contribution in [-0.4, -0.2) is 11.8 Å². The van der Waals surface area contributed by atoms with Gasteiger partial charge in [-0.15, -0.1) is 0 Å². The van der Waals surface area contributed by atoms with Crippen molar-refractivity contribution in [3.63, 3.8) is 0 Å². The Balaban J connectivity index is 1.92. The molecule has 0 amide bonds. The molecule has 0 N–H and O–H groups in total. The number of hydrogen-bond acceptors (Lipinski definition) is 3.